The Labute approximate surface area is 128 Å². The summed E-state index contributed by atoms with van der Waals surface area (Å²) in [5.74, 6) is -0.590. The van der Waals surface area contributed by atoms with Gasteiger partial charge in [0, 0.05) is 17.7 Å². The third-order valence-electron chi connectivity index (χ3n) is 3.35. The second-order valence-corrected chi connectivity index (χ2v) is 5.47. The van der Waals surface area contributed by atoms with Crippen LogP contribution in [0.25, 0.3) is 11.1 Å². The molecule has 2 aromatic rings. The topological polar surface area (TPSA) is 12.0 Å². The summed E-state index contributed by atoms with van der Waals surface area (Å²) in [6, 6.07) is 7.83. The Morgan fingerprint density at radius 3 is 2.57 bits per heavy atom. The van der Waals surface area contributed by atoms with Gasteiger partial charge in [-0.15, -0.1) is 0 Å². The summed E-state index contributed by atoms with van der Waals surface area (Å²) in [4.78, 5) is 0. The van der Waals surface area contributed by atoms with Gasteiger partial charge in [0.25, 0.3) is 0 Å². The summed E-state index contributed by atoms with van der Waals surface area (Å²) >= 11 is 6.11. The lowest BCUT2D eigenvalue weighted by Crippen LogP contribution is -2.14. The first kappa shape index (κ1) is 15.9. The molecule has 0 aliphatic rings. The SMILES string of the molecule is CCCNCc1cc(-c2cc(C)c(F)cc2Cl)ccc1F. The highest BCUT2D eigenvalue weighted by Crippen LogP contribution is 2.31. The van der Waals surface area contributed by atoms with Crippen LogP contribution in [0.3, 0.4) is 0 Å². The molecule has 0 aromatic heterocycles. The molecule has 2 aromatic carbocycles. The Kier molecular flexibility index (Phi) is 5.32. The molecule has 0 radical (unpaired) electrons. The average molecular weight is 310 g/mol. The number of nitrogens with one attached hydrogen (secondary N) is 1. The van der Waals surface area contributed by atoms with Crippen molar-refractivity contribution in [2.75, 3.05) is 6.54 Å². The van der Waals surface area contributed by atoms with Crippen LogP contribution in [0.15, 0.2) is 30.3 Å². The summed E-state index contributed by atoms with van der Waals surface area (Å²) < 4.78 is 27.3. The van der Waals surface area contributed by atoms with Gasteiger partial charge in [-0.25, -0.2) is 8.78 Å². The van der Waals surface area contributed by atoms with Gasteiger partial charge in [-0.05, 0) is 55.3 Å². The van der Waals surface area contributed by atoms with E-state index < -0.39 is 0 Å². The molecule has 0 unspecified atom stereocenters. The van der Waals surface area contributed by atoms with Gasteiger partial charge >= 0.3 is 0 Å². The molecular weight excluding hydrogens is 292 g/mol. The molecular formula is C17H18ClF2N. The van der Waals surface area contributed by atoms with Crippen LogP contribution in [0, 0.1) is 18.6 Å². The molecule has 1 nitrogen and oxygen atoms in total. The monoisotopic (exact) mass is 309 g/mol. The Bertz CT molecular complexity index is 641. The molecule has 0 amide bonds. The molecule has 0 spiro atoms. The first-order valence-electron chi connectivity index (χ1n) is 6.98. The van der Waals surface area contributed by atoms with Crippen molar-refractivity contribution in [2.24, 2.45) is 0 Å². The molecule has 112 valence electrons. The predicted octanol–water partition coefficient (Wildman–Crippen LogP) is 5.09. The van der Waals surface area contributed by atoms with Gasteiger partial charge in [0.15, 0.2) is 0 Å². The molecule has 21 heavy (non-hydrogen) atoms. The molecule has 0 saturated heterocycles. The number of rotatable bonds is 5. The summed E-state index contributed by atoms with van der Waals surface area (Å²) in [6.07, 6.45) is 0.990. The van der Waals surface area contributed by atoms with Gasteiger partial charge in [0.05, 0.1) is 5.02 Å². The maximum atomic E-state index is 13.8. The highest BCUT2D eigenvalue weighted by Gasteiger charge is 2.10. The molecule has 0 saturated carbocycles. The van der Waals surface area contributed by atoms with Crippen molar-refractivity contribution in [2.45, 2.75) is 26.8 Å². The van der Waals surface area contributed by atoms with E-state index in [0.29, 0.717) is 28.3 Å². The fourth-order valence-corrected chi connectivity index (χ4v) is 2.42. The van der Waals surface area contributed by atoms with Crippen molar-refractivity contribution < 1.29 is 8.78 Å². The van der Waals surface area contributed by atoms with E-state index >= 15 is 0 Å². The van der Waals surface area contributed by atoms with Crippen molar-refractivity contribution in [3.05, 3.63) is 58.1 Å². The van der Waals surface area contributed by atoms with E-state index in [2.05, 4.69) is 12.2 Å². The number of hydrogen-bond acceptors (Lipinski definition) is 1. The van der Waals surface area contributed by atoms with E-state index in [1.165, 1.54) is 12.1 Å². The molecule has 0 aliphatic heterocycles. The predicted molar refractivity (Wildman–Crippen MR) is 83.5 cm³/mol. The molecule has 0 bridgehead atoms. The van der Waals surface area contributed by atoms with Gasteiger partial charge in [0.1, 0.15) is 11.6 Å². The fraction of sp³-hybridized carbons (Fsp3) is 0.294. The van der Waals surface area contributed by atoms with Gasteiger partial charge in [-0.1, -0.05) is 24.6 Å². The van der Waals surface area contributed by atoms with E-state index in [-0.39, 0.29) is 11.6 Å². The lowest BCUT2D eigenvalue weighted by molar-refractivity contribution is 0.587. The van der Waals surface area contributed by atoms with E-state index in [1.807, 2.05) is 0 Å². The molecule has 0 aliphatic carbocycles. The molecule has 2 rings (SSSR count). The van der Waals surface area contributed by atoms with Gasteiger partial charge in [-0.2, -0.15) is 0 Å². The normalized spacial score (nSPS) is 10.9. The highest BCUT2D eigenvalue weighted by atomic mass is 35.5. The average Bonchev–Trinajstić information content (AvgIpc) is 2.45. The number of benzene rings is 2. The van der Waals surface area contributed by atoms with Crippen LogP contribution in [-0.4, -0.2) is 6.54 Å². The van der Waals surface area contributed by atoms with Crippen LogP contribution in [0.5, 0.6) is 0 Å². The zero-order chi connectivity index (χ0) is 15.4. The highest BCUT2D eigenvalue weighted by molar-refractivity contribution is 6.33. The Balaban J connectivity index is 2.36. The third-order valence-corrected chi connectivity index (χ3v) is 3.66. The molecule has 0 atom stereocenters. The second kappa shape index (κ2) is 7.01. The molecule has 0 fully saturated rings. The number of aryl methyl sites for hydroxylation is 1. The Hall–Kier alpha value is -1.45. The first-order valence-corrected chi connectivity index (χ1v) is 7.36. The van der Waals surface area contributed by atoms with E-state index in [1.54, 1.807) is 25.1 Å². The standard InChI is InChI=1S/C17H18ClF2N/c1-3-6-21-10-13-8-12(4-5-16(13)19)14-7-11(2)17(20)9-15(14)18/h4-5,7-9,21H,3,6,10H2,1-2H3. The quantitative estimate of drug-likeness (QED) is 0.758. The maximum Gasteiger partial charge on any atom is 0.127 e. The summed E-state index contributed by atoms with van der Waals surface area (Å²) in [7, 11) is 0. The molecule has 4 heteroatoms. The lowest BCUT2D eigenvalue weighted by atomic mass is 10.0. The molecule has 1 N–H and O–H groups in total. The molecule has 0 heterocycles. The summed E-state index contributed by atoms with van der Waals surface area (Å²) in [6.45, 7) is 5.04. The van der Waals surface area contributed by atoms with E-state index in [0.717, 1.165) is 18.5 Å². The Morgan fingerprint density at radius 1 is 1.10 bits per heavy atom. The summed E-state index contributed by atoms with van der Waals surface area (Å²) in [5, 5.41) is 3.50. The first-order chi connectivity index (χ1) is 10.0. The fourth-order valence-electron chi connectivity index (χ4n) is 2.16. The lowest BCUT2D eigenvalue weighted by Gasteiger charge is -2.10. The maximum absolute atomic E-state index is 13.8. The van der Waals surface area contributed by atoms with Gasteiger partial charge in [0.2, 0.25) is 0 Å². The minimum Gasteiger partial charge on any atom is -0.313 e. The van der Waals surface area contributed by atoms with E-state index in [9.17, 15) is 8.78 Å². The van der Waals surface area contributed by atoms with Crippen LogP contribution < -0.4 is 5.32 Å². The van der Waals surface area contributed by atoms with Crippen LogP contribution in [0.1, 0.15) is 24.5 Å². The zero-order valence-corrected chi connectivity index (χ0v) is 12.9. The van der Waals surface area contributed by atoms with Crippen molar-refractivity contribution in [3.8, 4) is 11.1 Å². The van der Waals surface area contributed by atoms with Gasteiger partial charge in [-0.3, -0.25) is 0 Å². The van der Waals surface area contributed by atoms with Crippen molar-refractivity contribution in [1.82, 2.24) is 5.32 Å². The van der Waals surface area contributed by atoms with Crippen molar-refractivity contribution in [1.29, 1.82) is 0 Å². The number of hydrogen-bond donors (Lipinski definition) is 1. The minimum atomic E-state index is -0.337. The number of halogens is 3. The van der Waals surface area contributed by atoms with Crippen LogP contribution in [0.4, 0.5) is 8.78 Å². The van der Waals surface area contributed by atoms with Crippen molar-refractivity contribution in [3.63, 3.8) is 0 Å². The van der Waals surface area contributed by atoms with E-state index in [4.69, 9.17) is 11.6 Å². The van der Waals surface area contributed by atoms with Crippen molar-refractivity contribution >= 4 is 11.6 Å². The minimum absolute atomic E-state index is 0.252. The zero-order valence-electron chi connectivity index (χ0n) is 12.1. The largest absolute Gasteiger partial charge is 0.313 e. The van der Waals surface area contributed by atoms with Crippen LogP contribution in [0.2, 0.25) is 5.02 Å². The van der Waals surface area contributed by atoms with Crippen LogP contribution in [-0.2, 0) is 6.54 Å². The second-order valence-electron chi connectivity index (χ2n) is 5.06. The third kappa shape index (κ3) is 3.80. The Morgan fingerprint density at radius 2 is 1.86 bits per heavy atom. The van der Waals surface area contributed by atoms with Crippen LogP contribution >= 0.6 is 11.6 Å². The van der Waals surface area contributed by atoms with Gasteiger partial charge < -0.3 is 5.32 Å². The summed E-state index contributed by atoms with van der Waals surface area (Å²) in [5.41, 5.74) is 2.61. The smallest absolute Gasteiger partial charge is 0.127 e.